The summed E-state index contributed by atoms with van der Waals surface area (Å²) >= 11 is 0. The zero-order chi connectivity index (χ0) is 19.3. The number of nitrogens with zero attached hydrogens (tertiary/aromatic N) is 6. The molecule has 2 amide bonds. The second-order valence-electron chi connectivity index (χ2n) is 6.92. The fourth-order valence-corrected chi connectivity index (χ4v) is 3.27. The Bertz CT molecular complexity index is 884. The van der Waals surface area contributed by atoms with Gasteiger partial charge >= 0.3 is 6.03 Å². The van der Waals surface area contributed by atoms with E-state index < -0.39 is 0 Å². The predicted octanol–water partition coefficient (Wildman–Crippen LogP) is 1.58. The summed E-state index contributed by atoms with van der Waals surface area (Å²) in [5.74, 6) is 0.849. The first kappa shape index (κ1) is 18.2. The number of carbonyl (C=O) groups is 1. The van der Waals surface area contributed by atoms with Crippen molar-refractivity contribution in [2.75, 3.05) is 26.2 Å². The van der Waals surface area contributed by atoms with Gasteiger partial charge in [-0.1, -0.05) is 18.2 Å². The van der Waals surface area contributed by atoms with Gasteiger partial charge in [0.05, 0.1) is 24.5 Å². The average molecular weight is 380 g/mol. The van der Waals surface area contributed by atoms with Crippen LogP contribution in [0.15, 0.2) is 49.1 Å². The normalized spacial score (nSPS) is 16.1. The van der Waals surface area contributed by atoms with Gasteiger partial charge in [0, 0.05) is 37.9 Å². The summed E-state index contributed by atoms with van der Waals surface area (Å²) in [7, 11) is 0. The number of nitrogens with one attached hydrogen (secondary N) is 2. The first-order chi connectivity index (χ1) is 13.7. The van der Waals surface area contributed by atoms with Crippen molar-refractivity contribution < 1.29 is 4.79 Å². The minimum Gasteiger partial charge on any atom is -0.331 e. The van der Waals surface area contributed by atoms with E-state index in [1.807, 2.05) is 53.0 Å². The second-order valence-corrected chi connectivity index (χ2v) is 6.92. The summed E-state index contributed by atoms with van der Waals surface area (Å²) in [5, 5.41) is 14.2. The summed E-state index contributed by atoms with van der Waals surface area (Å²) < 4.78 is 1.82. The highest BCUT2D eigenvalue weighted by molar-refractivity contribution is 5.74. The third-order valence-corrected chi connectivity index (χ3v) is 4.96. The molecule has 1 saturated heterocycles. The van der Waals surface area contributed by atoms with Crippen LogP contribution >= 0.6 is 0 Å². The minimum absolute atomic E-state index is 0.0423. The maximum atomic E-state index is 12.6. The largest absolute Gasteiger partial charge is 0.331 e. The highest BCUT2D eigenvalue weighted by Gasteiger charge is 2.23. The molecule has 146 valence electrons. The van der Waals surface area contributed by atoms with E-state index in [1.54, 1.807) is 6.20 Å². The van der Waals surface area contributed by atoms with Crippen molar-refractivity contribution in [1.29, 1.82) is 0 Å². The molecule has 9 heteroatoms. The van der Waals surface area contributed by atoms with Gasteiger partial charge in [-0.25, -0.2) is 14.5 Å². The summed E-state index contributed by atoms with van der Waals surface area (Å²) in [6.07, 6.45) is 5.27. The Balaban J connectivity index is 1.29. The topological polar surface area (TPSA) is 95.0 Å². The Hall–Kier alpha value is -3.20. The van der Waals surface area contributed by atoms with Crippen LogP contribution in [0.2, 0.25) is 0 Å². The fraction of sp³-hybridized carbons (Fsp3) is 0.368. The number of amides is 2. The molecule has 0 unspecified atom stereocenters. The van der Waals surface area contributed by atoms with Gasteiger partial charge in [-0.2, -0.15) is 10.2 Å². The number of carbonyl (C=O) groups excluding carboxylic acids is 1. The molecule has 2 N–H and O–H groups in total. The highest BCUT2D eigenvalue weighted by atomic mass is 16.2. The zero-order valence-electron chi connectivity index (χ0n) is 15.8. The van der Waals surface area contributed by atoms with Gasteiger partial charge in [-0.05, 0) is 19.1 Å². The molecule has 1 aromatic carbocycles. The molecular weight excluding hydrogens is 356 g/mol. The zero-order valence-corrected chi connectivity index (χ0v) is 15.8. The second kappa shape index (κ2) is 8.22. The van der Waals surface area contributed by atoms with E-state index in [-0.39, 0.29) is 12.1 Å². The fourth-order valence-electron chi connectivity index (χ4n) is 3.27. The Labute approximate surface area is 163 Å². The monoisotopic (exact) mass is 380 g/mol. The number of hydrogen-bond donors (Lipinski definition) is 2. The van der Waals surface area contributed by atoms with E-state index in [0.29, 0.717) is 13.1 Å². The van der Waals surface area contributed by atoms with E-state index in [0.717, 1.165) is 36.7 Å². The Kier molecular flexibility index (Phi) is 5.34. The quantitative estimate of drug-likeness (QED) is 0.701. The Morgan fingerprint density at radius 3 is 2.71 bits per heavy atom. The number of urea groups is 1. The van der Waals surface area contributed by atoms with Crippen molar-refractivity contribution in [2.45, 2.75) is 19.5 Å². The van der Waals surface area contributed by atoms with Crippen LogP contribution in [0.3, 0.4) is 0 Å². The van der Waals surface area contributed by atoms with Gasteiger partial charge in [0.2, 0.25) is 0 Å². The van der Waals surface area contributed by atoms with Gasteiger partial charge in [-0.15, -0.1) is 0 Å². The predicted molar refractivity (Wildman–Crippen MR) is 104 cm³/mol. The number of rotatable bonds is 5. The molecule has 9 nitrogen and oxygen atoms in total. The molecule has 3 heterocycles. The average Bonchev–Trinajstić information content (AvgIpc) is 3.41. The van der Waals surface area contributed by atoms with Gasteiger partial charge < -0.3 is 10.2 Å². The van der Waals surface area contributed by atoms with Crippen LogP contribution in [0.25, 0.3) is 5.69 Å². The standard InChI is InChI=1S/C19H24N8O/c1-15(16-11-22-27(12-16)17-5-3-2-4-6-17)23-19(28)26-9-7-25(8-10-26)13-18-20-14-21-24-18/h2-6,11-12,14-15H,7-10,13H2,1H3,(H,23,28)(H,20,21,24)/t15-/m0/s1. The van der Waals surface area contributed by atoms with Crippen LogP contribution in [0, 0.1) is 0 Å². The number of aromatic nitrogens is 5. The molecule has 4 rings (SSSR count). The first-order valence-corrected chi connectivity index (χ1v) is 9.41. The first-order valence-electron chi connectivity index (χ1n) is 9.41. The van der Waals surface area contributed by atoms with Crippen molar-refractivity contribution in [3.05, 3.63) is 60.4 Å². The maximum absolute atomic E-state index is 12.6. The lowest BCUT2D eigenvalue weighted by Crippen LogP contribution is -2.51. The molecule has 0 aliphatic carbocycles. The molecule has 0 spiro atoms. The van der Waals surface area contributed by atoms with Crippen molar-refractivity contribution in [2.24, 2.45) is 0 Å². The highest BCUT2D eigenvalue weighted by Crippen LogP contribution is 2.15. The summed E-state index contributed by atoms with van der Waals surface area (Å²) in [4.78, 5) is 20.9. The van der Waals surface area contributed by atoms with Gasteiger partial charge in [-0.3, -0.25) is 10.00 Å². The van der Waals surface area contributed by atoms with Crippen molar-refractivity contribution >= 4 is 6.03 Å². The number of para-hydroxylation sites is 1. The van der Waals surface area contributed by atoms with Gasteiger partial charge in [0.1, 0.15) is 12.2 Å². The summed E-state index contributed by atoms with van der Waals surface area (Å²) in [6.45, 7) is 5.71. The molecule has 0 bridgehead atoms. The molecule has 1 atom stereocenters. The molecule has 2 aromatic heterocycles. The SMILES string of the molecule is C[C@H](NC(=O)N1CCN(Cc2ncn[nH]2)CC1)c1cnn(-c2ccccc2)c1. The number of H-pyrrole nitrogens is 1. The molecule has 3 aromatic rings. The number of piperazine rings is 1. The van der Waals surface area contributed by atoms with E-state index in [2.05, 4.69) is 30.5 Å². The molecule has 1 aliphatic heterocycles. The van der Waals surface area contributed by atoms with Crippen LogP contribution in [-0.2, 0) is 6.54 Å². The summed E-state index contributed by atoms with van der Waals surface area (Å²) in [5.41, 5.74) is 1.97. The Morgan fingerprint density at radius 2 is 2.00 bits per heavy atom. The smallest absolute Gasteiger partial charge is 0.317 e. The van der Waals surface area contributed by atoms with E-state index in [9.17, 15) is 4.79 Å². The molecule has 0 radical (unpaired) electrons. The van der Waals surface area contributed by atoms with Crippen molar-refractivity contribution in [1.82, 2.24) is 40.1 Å². The van der Waals surface area contributed by atoms with E-state index in [4.69, 9.17) is 0 Å². The van der Waals surface area contributed by atoms with Crippen molar-refractivity contribution in [3.63, 3.8) is 0 Å². The lowest BCUT2D eigenvalue weighted by atomic mass is 10.2. The molecule has 1 fully saturated rings. The van der Waals surface area contributed by atoms with Crippen LogP contribution in [0.1, 0.15) is 24.4 Å². The molecule has 1 aliphatic rings. The molecule has 28 heavy (non-hydrogen) atoms. The lowest BCUT2D eigenvalue weighted by molar-refractivity contribution is 0.132. The summed E-state index contributed by atoms with van der Waals surface area (Å²) in [6, 6.07) is 9.77. The molecule has 0 saturated carbocycles. The number of hydrogen-bond acceptors (Lipinski definition) is 5. The van der Waals surface area contributed by atoms with Gasteiger partial charge in [0.25, 0.3) is 0 Å². The van der Waals surface area contributed by atoms with Crippen molar-refractivity contribution in [3.8, 4) is 5.69 Å². The Morgan fingerprint density at radius 1 is 1.21 bits per heavy atom. The lowest BCUT2D eigenvalue weighted by Gasteiger charge is -2.34. The number of aromatic amines is 1. The molecular formula is C19H24N8O. The third-order valence-electron chi connectivity index (χ3n) is 4.96. The van der Waals surface area contributed by atoms with E-state index >= 15 is 0 Å². The maximum Gasteiger partial charge on any atom is 0.317 e. The van der Waals surface area contributed by atoms with Gasteiger partial charge in [0.15, 0.2) is 0 Å². The van der Waals surface area contributed by atoms with Crippen LogP contribution in [0.5, 0.6) is 0 Å². The third kappa shape index (κ3) is 4.20. The number of benzene rings is 1. The van der Waals surface area contributed by atoms with Crippen LogP contribution < -0.4 is 5.32 Å². The van der Waals surface area contributed by atoms with E-state index in [1.165, 1.54) is 6.33 Å². The minimum atomic E-state index is -0.114. The van der Waals surface area contributed by atoms with Crippen LogP contribution in [-0.4, -0.2) is 67.0 Å². The van der Waals surface area contributed by atoms with Crippen LogP contribution in [0.4, 0.5) is 4.79 Å².